The maximum atomic E-state index is 12.8. The Hall–Kier alpha value is -2.24. The topological polar surface area (TPSA) is 83.5 Å². The Kier molecular flexibility index (Phi) is 5.25. The second-order valence-corrected chi connectivity index (χ2v) is 5.58. The van der Waals surface area contributed by atoms with E-state index >= 15 is 0 Å². The predicted octanol–water partition coefficient (Wildman–Crippen LogP) is 1.70. The van der Waals surface area contributed by atoms with Crippen LogP contribution in [0.4, 0.5) is 4.39 Å². The molecule has 1 aromatic rings. The van der Waals surface area contributed by atoms with Gasteiger partial charge in [-0.15, -0.1) is 0 Å². The van der Waals surface area contributed by atoms with Crippen LogP contribution in [0.25, 0.3) is 0 Å². The van der Waals surface area contributed by atoms with Gasteiger partial charge in [0.25, 0.3) is 0 Å². The Morgan fingerprint density at radius 1 is 1.32 bits per heavy atom. The molecule has 0 saturated heterocycles. The third-order valence-electron chi connectivity index (χ3n) is 3.85. The van der Waals surface area contributed by atoms with E-state index < -0.39 is 23.7 Å². The first-order valence-corrected chi connectivity index (χ1v) is 7.24. The summed E-state index contributed by atoms with van der Waals surface area (Å²) in [5.74, 6) is -2.30. The van der Waals surface area contributed by atoms with Crippen LogP contribution in [0, 0.1) is 11.7 Å². The molecular formula is C16H18FNO4. The summed E-state index contributed by atoms with van der Waals surface area (Å²) in [6.07, 6.45) is 1.91. The van der Waals surface area contributed by atoms with Gasteiger partial charge in [-0.2, -0.15) is 0 Å². The van der Waals surface area contributed by atoms with Crippen LogP contribution in [0.3, 0.4) is 0 Å². The highest BCUT2D eigenvalue weighted by atomic mass is 19.1. The van der Waals surface area contributed by atoms with Gasteiger partial charge in [-0.3, -0.25) is 9.59 Å². The molecular weight excluding hydrogens is 289 g/mol. The molecule has 6 heteroatoms. The Morgan fingerprint density at radius 3 is 2.59 bits per heavy atom. The molecule has 1 aromatic carbocycles. The van der Waals surface area contributed by atoms with Gasteiger partial charge in [-0.05, 0) is 36.5 Å². The van der Waals surface area contributed by atoms with Crippen molar-refractivity contribution in [2.24, 2.45) is 5.92 Å². The lowest BCUT2D eigenvalue weighted by molar-refractivity contribution is -0.144. The number of rotatable bonds is 5. The number of nitrogens with one attached hydrogen (secondary N) is 1. The van der Waals surface area contributed by atoms with Crippen LogP contribution in [0.1, 0.15) is 31.2 Å². The van der Waals surface area contributed by atoms with Crippen LogP contribution in [-0.4, -0.2) is 28.8 Å². The van der Waals surface area contributed by atoms with E-state index in [4.69, 9.17) is 0 Å². The predicted molar refractivity (Wildman–Crippen MR) is 76.6 cm³/mol. The standard InChI is InChI=1S/C16H18FNO4/c17-12-6-4-10(5-7-12)8-14(20)18-15(16(21)22)11-2-1-3-13(19)9-11/h4-7,11,15H,1-3,8-9H2,(H,18,20)(H,21,22)/t11-,15+/m0/s1. The van der Waals surface area contributed by atoms with E-state index in [1.807, 2.05) is 0 Å². The summed E-state index contributed by atoms with van der Waals surface area (Å²) < 4.78 is 12.8. The van der Waals surface area contributed by atoms with Crippen LogP contribution in [0.5, 0.6) is 0 Å². The summed E-state index contributed by atoms with van der Waals surface area (Å²) in [4.78, 5) is 34.8. The average Bonchev–Trinajstić information content (AvgIpc) is 2.47. The van der Waals surface area contributed by atoms with Crippen molar-refractivity contribution >= 4 is 17.7 Å². The van der Waals surface area contributed by atoms with Gasteiger partial charge in [0, 0.05) is 12.8 Å². The molecule has 0 unspecified atom stereocenters. The fraction of sp³-hybridized carbons (Fsp3) is 0.438. The van der Waals surface area contributed by atoms with E-state index in [9.17, 15) is 23.9 Å². The van der Waals surface area contributed by atoms with E-state index in [0.717, 1.165) is 0 Å². The number of carbonyl (C=O) groups is 3. The van der Waals surface area contributed by atoms with Gasteiger partial charge < -0.3 is 10.4 Å². The molecule has 2 rings (SSSR count). The molecule has 2 atom stereocenters. The smallest absolute Gasteiger partial charge is 0.326 e. The van der Waals surface area contributed by atoms with Gasteiger partial charge in [-0.25, -0.2) is 9.18 Å². The quantitative estimate of drug-likeness (QED) is 0.867. The number of ketones is 1. The van der Waals surface area contributed by atoms with Gasteiger partial charge >= 0.3 is 5.97 Å². The Bertz CT molecular complexity index is 570. The summed E-state index contributed by atoms with van der Waals surface area (Å²) in [6, 6.07) is 4.40. The van der Waals surface area contributed by atoms with Crippen LogP contribution < -0.4 is 5.32 Å². The molecule has 1 aliphatic carbocycles. The average molecular weight is 307 g/mol. The Balaban J connectivity index is 1.98. The number of carbonyl (C=O) groups excluding carboxylic acids is 2. The summed E-state index contributed by atoms with van der Waals surface area (Å²) in [6.45, 7) is 0. The number of carboxylic acid groups (broad SMARTS) is 1. The summed E-state index contributed by atoms with van der Waals surface area (Å²) in [5.41, 5.74) is 0.600. The van der Waals surface area contributed by atoms with E-state index in [2.05, 4.69) is 5.32 Å². The number of halogens is 1. The molecule has 0 radical (unpaired) electrons. The zero-order chi connectivity index (χ0) is 16.1. The van der Waals surface area contributed by atoms with Crippen LogP contribution in [-0.2, 0) is 20.8 Å². The van der Waals surface area contributed by atoms with Crippen molar-refractivity contribution in [3.63, 3.8) is 0 Å². The third-order valence-corrected chi connectivity index (χ3v) is 3.85. The molecule has 1 fully saturated rings. The molecule has 0 bridgehead atoms. The van der Waals surface area contributed by atoms with Gasteiger partial charge in [0.2, 0.25) is 5.91 Å². The molecule has 2 N–H and O–H groups in total. The molecule has 1 saturated carbocycles. The summed E-state index contributed by atoms with van der Waals surface area (Å²) in [5, 5.41) is 11.8. The first-order valence-electron chi connectivity index (χ1n) is 7.24. The fourth-order valence-corrected chi connectivity index (χ4v) is 2.74. The molecule has 1 aliphatic rings. The maximum Gasteiger partial charge on any atom is 0.326 e. The van der Waals surface area contributed by atoms with Crippen molar-refractivity contribution < 1.29 is 23.9 Å². The number of aliphatic carboxylic acids is 1. The normalized spacial score (nSPS) is 19.5. The van der Waals surface area contributed by atoms with Gasteiger partial charge in [-0.1, -0.05) is 12.1 Å². The first kappa shape index (κ1) is 16.1. The van der Waals surface area contributed by atoms with E-state index in [1.54, 1.807) is 0 Å². The van der Waals surface area contributed by atoms with Crippen LogP contribution in [0.2, 0.25) is 0 Å². The lowest BCUT2D eigenvalue weighted by Gasteiger charge is -2.27. The van der Waals surface area contributed by atoms with Crippen molar-refractivity contribution in [2.75, 3.05) is 0 Å². The van der Waals surface area contributed by atoms with E-state index in [0.29, 0.717) is 24.8 Å². The number of carboxylic acids is 1. The van der Waals surface area contributed by atoms with Crippen molar-refractivity contribution in [3.8, 4) is 0 Å². The number of hydrogen-bond acceptors (Lipinski definition) is 3. The van der Waals surface area contributed by atoms with Crippen LogP contribution >= 0.6 is 0 Å². The largest absolute Gasteiger partial charge is 0.480 e. The minimum atomic E-state index is -1.13. The molecule has 0 spiro atoms. The minimum absolute atomic E-state index is 0.0231. The minimum Gasteiger partial charge on any atom is -0.480 e. The van der Waals surface area contributed by atoms with Crippen LogP contribution in [0.15, 0.2) is 24.3 Å². The summed E-state index contributed by atoms with van der Waals surface area (Å²) in [7, 11) is 0. The van der Waals surface area contributed by atoms with Crippen molar-refractivity contribution in [1.29, 1.82) is 0 Å². The fourth-order valence-electron chi connectivity index (χ4n) is 2.74. The maximum absolute atomic E-state index is 12.8. The third kappa shape index (κ3) is 4.38. The molecule has 1 amide bonds. The van der Waals surface area contributed by atoms with Crippen molar-refractivity contribution in [1.82, 2.24) is 5.32 Å². The molecule has 5 nitrogen and oxygen atoms in total. The van der Waals surface area contributed by atoms with Gasteiger partial charge in [0.05, 0.1) is 6.42 Å². The van der Waals surface area contributed by atoms with E-state index in [-0.39, 0.29) is 24.5 Å². The van der Waals surface area contributed by atoms with Crippen molar-refractivity contribution in [2.45, 2.75) is 38.1 Å². The second kappa shape index (κ2) is 7.15. The highest BCUT2D eigenvalue weighted by Crippen LogP contribution is 2.24. The lowest BCUT2D eigenvalue weighted by atomic mass is 9.83. The molecule has 0 aliphatic heterocycles. The number of Topliss-reactive ketones (excluding diaryl/α,β-unsaturated/α-hetero) is 1. The van der Waals surface area contributed by atoms with E-state index in [1.165, 1.54) is 24.3 Å². The first-order chi connectivity index (χ1) is 10.5. The summed E-state index contributed by atoms with van der Waals surface area (Å²) >= 11 is 0. The number of amides is 1. The highest BCUT2D eigenvalue weighted by Gasteiger charge is 2.33. The molecule has 22 heavy (non-hydrogen) atoms. The SMILES string of the molecule is O=C1CCC[C@H]([C@@H](NC(=O)Cc2ccc(F)cc2)C(=O)O)C1. The lowest BCUT2D eigenvalue weighted by Crippen LogP contribution is -2.47. The Labute approximate surface area is 127 Å². The highest BCUT2D eigenvalue weighted by molar-refractivity contribution is 5.86. The molecule has 118 valence electrons. The zero-order valence-electron chi connectivity index (χ0n) is 12.0. The van der Waals surface area contributed by atoms with Gasteiger partial charge in [0.15, 0.2) is 0 Å². The Morgan fingerprint density at radius 2 is 2.00 bits per heavy atom. The molecule has 0 aromatic heterocycles. The second-order valence-electron chi connectivity index (χ2n) is 5.58. The van der Waals surface area contributed by atoms with Crippen molar-refractivity contribution in [3.05, 3.63) is 35.6 Å². The molecule has 0 heterocycles. The number of hydrogen-bond donors (Lipinski definition) is 2. The zero-order valence-corrected chi connectivity index (χ0v) is 12.0. The number of benzene rings is 1. The van der Waals surface area contributed by atoms with Gasteiger partial charge in [0.1, 0.15) is 17.6 Å². The monoisotopic (exact) mass is 307 g/mol.